The molecule has 1 aromatic heterocycles. The Hall–Kier alpha value is -0.580. The van der Waals surface area contributed by atoms with Crippen LogP contribution in [-0.4, -0.2) is 48.3 Å². The van der Waals surface area contributed by atoms with Crippen LogP contribution < -0.4 is 4.90 Å². The average Bonchev–Trinajstić information content (AvgIpc) is 2.70. The molecule has 1 unspecified atom stereocenters. The zero-order valence-electron chi connectivity index (χ0n) is 9.32. The minimum atomic E-state index is 0.382. The second-order valence-corrected chi connectivity index (χ2v) is 4.94. The van der Waals surface area contributed by atoms with Gasteiger partial charge in [0, 0.05) is 25.2 Å². The fraction of sp³-hybridized carbons (Fsp3) is 0.600. The summed E-state index contributed by atoms with van der Waals surface area (Å²) in [4.78, 5) is 4.43. The van der Waals surface area contributed by atoms with Gasteiger partial charge in [-0.15, -0.1) is 10.2 Å². The molecule has 0 saturated carbocycles. The van der Waals surface area contributed by atoms with E-state index in [1.807, 2.05) is 0 Å². The van der Waals surface area contributed by atoms with Crippen LogP contribution in [0, 0.1) is 0 Å². The molecule has 2 rings (SSSR count). The normalized spacial score (nSPS) is 20.8. The van der Waals surface area contributed by atoms with Crippen molar-refractivity contribution in [3.05, 3.63) is 16.4 Å². The van der Waals surface area contributed by atoms with E-state index in [1.54, 1.807) is 6.07 Å². The van der Waals surface area contributed by atoms with Crippen LogP contribution in [0.5, 0.6) is 0 Å². The van der Waals surface area contributed by atoms with Gasteiger partial charge in [0.05, 0.1) is 5.69 Å². The minimum Gasteiger partial charge on any atom is -0.367 e. The molecule has 88 valence electrons. The lowest BCUT2D eigenvalue weighted by Crippen LogP contribution is -2.31. The first-order chi connectivity index (χ1) is 7.58. The van der Waals surface area contributed by atoms with E-state index in [0.717, 1.165) is 25.2 Å². The lowest BCUT2D eigenvalue weighted by molar-refractivity contribution is 0.315. The number of rotatable bonds is 2. The topological polar surface area (TPSA) is 32.3 Å². The Balaban J connectivity index is 2.17. The second-order valence-electron chi connectivity index (χ2n) is 4.20. The van der Waals surface area contributed by atoms with Gasteiger partial charge in [-0.2, -0.15) is 0 Å². The zero-order chi connectivity index (χ0) is 11.7. The summed E-state index contributed by atoms with van der Waals surface area (Å²) in [5, 5.41) is 8.33. The van der Waals surface area contributed by atoms with Gasteiger partial charge in [-0.1, -0.05) is 23.2 Å². The molecular formula is C10H14Cl2N4. The quantitative estimate of drug-likeness (QED) is 0.814. The molecular weight excluding hydrogens is 247 g/mol. The van der Waals surface area contributed by atoms with E-state index < -0.39 is 0 Å². The zero-order valence-corrected chi connectivity index (χ0v) is 10.8. The minimum absolute atomic E-state index is 0.382. The van der Waals surface area contributed by atoms with Crippen molar-refractivity contribution in [2.75, 3.05) is 32.1 Å². The van der Waals surface area contributed by atoms with Gasteiger partial charge in [0.25, 0.3) is 0 Å². The summed E-state index contributed by atoms with van der Waals surface area (Å²) >= 11 is 11.8. The monoisotopic (exact) mass is 260 g/mol. The maximum atomic E-state index is 6.02. The Morgan fingerprint density at radius 3 is 2.75 bits per heavy atom. The molecule has 1 aliphatic rings. The van der Waals surface area contributed by atoms with Crippen LogP contribution in [0.25, 0.3) is 0 Å². The molecule has 0 aromatic carbocycles. The Morgan fingerprint density at radius 2 is 2.12 bits per heavy atom. The summed E-state index contributed by atoms with van der Waals surface area (Å²) in [6.45, 7) is 1.93. The molecule has 0 aliphatic carbocycles. The first kappa shape index (κ1) is 11.9. The van der Waals surface area contributed by atoms with Crippen LogP contribution in [0.1, 0.15) is 6.42 Å². The van der Waals surface area contributed by atoms with E-state index in [2.05, 4.69) is 34.1 Å². The van der Waals surface area contributed by atoms with Crippen molar-refractivity contribution in [1.29, 1.82) is 0 Å². The van der Waals surface area contributed by atoms with Crippen LogP contribution >= 0.6 is 23.2 Å². The van der Waals surface area contributed by atoms with Gasteiger partial charge in [0.15, 0.2) is 10.3 Å². The summed E-state index contributed by atoms with van der Waals surface area (Å²) < 4.78 is 0. The number of nitrogens with zero attached hydrogens (tertiary/aromatic N) is 4. The highest BCUT2D eigenvalue weighted by atomic mass is 35.5. The summed E-state index contributed by atoms with van der Waals surface area (Å²) in [6, 6.07) is 2.33. The lowest BCUT2D eigenvalue weighted by Gasteiger charge is -2.22. The molecule has 1 saturated heterocycles. The Morgan fingerprint density at radius 1 is 1.38 bits per heavy atom. The van der Waals surface area contributed by atoms with Crippen molar-refractivity contribution >= 4 is 28.9 Å². The highest BCUT2D eigenvalue weighted by Gasteiger charge is 2.26. The number of aromatic nitrogens is 2. The molecule has 6 heteroatoms. The fourth-order valence-corrected chi connectivity index (χ4v) is 2.30. The molecule has 16 heavy (non-hydrogen) atoms. The van der Waals surface area contributed by atoms with Crippen molar-refractivity contribution in [1.82, 2.24) is 15.1 Å². The molecule has 0 bridgehead atoms. The van der Waals surface area contributed by atoms with Crippen LogP contribution in [0.4, 0.5) is 5.69 Å². The van der Waals surface area contributed by atoms with Gasteiger partial charge in [0.1, 0.15) is 0 Å². The van der Waals surface area contributed by atoms with E-state index in [0.29, 0.717) is 16.3 Å². The smallest absolute Gasteiger partial charge is 0.175 e. The third kappa shape index (κ3) is 2.39. The van der Waals surface area contributed by atoms with Crippen molar-refractivity contribution in [3.8, 4) is 0 Å². The van der Waals surface area contributed by atoms with Gasteiger partial charge in [-0.25, -0.2) is 0 Å². The predicted octanol–water partition coefficient (Wildman–Crippen LogP) is 1.92. The van der Waals surface area contributed by atoms with E-state index in [-0.39, 0.29) is 0 Å². The van der Waals surface area contributed by atoms with Crippen molar-refractivity contribution in [2.24, 2.45) is 0 Å². The highest BCUT2D eigenvalue weighted by molar-refractivity contribution is 6.33. The van der Waals surface area contributed by atoms with Crippen LogP contribution in [0.15, 0.2) is 6.07 Å². The third-order valence-corrected chi connectivity index (χ3v) is 3.39. The van der Waals surface area contributed by atoms with Gasteiger partial charge in [0.2, 0.25) is 0 Å². The van der Waals surface area contributed by atoms with Gasteiger partial charge < -0.3 is 9.80 Å². The highest BCUT2D eigenvalue weighted by Crippen LogP contribution is 2.29. The molecule has 4 nitrogen and oxygen atoms in total. The summed E-state index contributed by atoms with van der Waals surface area (Å²) in [5.74, 6) is 0. The number of anilines is 1. The van der Waals surface area contributed by atoms with Crippen molar-refractivity contribution in [2.45, 2.75) is 12.5 Å². The first-order valence-electron chi connectivity index (χ1n) is 5.18. The SMILES string of the molecule is CN(C)C1CCN(c2cc(Cl)nnc2Cl)C1. The Labute approximate surface area is 105 Å². The van der Waals surface area contributed by atoms with E-state index in [9.17, 15) is 0 Å². The molecule has 2 heterocycles. The lowest BCUT2D eigenvalue weighted by atomic mass is 10.2. The molecule has 1 atom stereocenters. The molecule has 1 aliphatic heterocycles. The Kier molecular flexibility index (Phi) is 3.52. The van der Waals surface area contributed by atoms with Gasteiger partial charge in [-0.3, -0.25) is 0 Å². The standard InChI is InChI=1S/C10H14Cl2N4/c1-15(2)7-3-4-16(6-7)8-5-9(11)13-14-10(8)12/h5,7H,3-4,6H2,1-2H3. The van der Waals surface area contributed by atoms with Gasteiger partial charge >= 0.3 is 0 Å². The fourth-order valence-electron chi connectivity index (χ4n) is 1.95. The number of hydrogen-bond donors (Lipinski definition) is 0. The molecule has 0 radical (unpaired) electrons. The maximum Gasteiger partial charge on any atom is 0.175 e. The summed E-state index contributed by atoms with van der Waals surface area (Å²) in [6.07, 6.45) is 1.13. The Bertz CT molecular complexity index is 383. The molecule has 0 N–H and O–H groups in total. The summed E-state index contributed by atoms with van der Waals surface area (Å²) in [5.41, 5.74) is 0.881. The largest absolute Gasteiger partial charge is 0.367 e. The van der Waals surface area contributed by atoms with Crippen molar-refractivity contribution in [3.63, 3.8) is 0 Å². The van der Waals surface area contributed by atoms with Crippen LogP contribution in [0.2, 0.25) is 10.3 Å². The molecule has 0 spiro atoms. The molecule has 1 fully saturated rings. The number of likely N-dealkylation sites (N-methyl/N-ethyl adjacent to an activating group) is 1. The molecule has 1 aromatic rings. The molecule has 0 amide bonds. The van der Waals surface area contributed by atoms with E-state index >= 15 is 0 Å². The number of hydrogen-bond acceptors (Lipinski definition) is 4. The van der Waals surface area contributed by atoms with Crippen LogP contribution in [0.3, 0.4) is 0 Å². The number of halogens is 2. The van der Waals surface area contributed by atoms with E-state index in [1.165, 1.54) is 0 Å². The maximum absolute atomic E-state index is 6.02. The van der Waals surface area contributed by atoms with Crippen molar-refractivity contribution < 1.29 is 0 Å². The second kappa shape index (κ2) is 4.73. The summed E-state index contributed by atoms with van der Waals surface area (Å²) in [7, 11) is 4.18. The predicted molar refractivity (Wildman–Crippen MR) is 66.4 cm³/mol. The van der Waals surface area contributed by atoms with Gasteiger partial charge in [-0.05, 0) is 20.5 Å². The van der Waals surface area contributed by atoms with E-state index in [4.69, 9.17) is 23.2 Å². The average molecular weight is 261 g/mol. The third-order valence-electron chi connectivity index (χ3n) is 2.93. The first-order valence-corrected chi connectivity index (χ1v) is 5.93. The van der Waals surface area contributed by atoms with Crippen LogP contribution in [-0.2, 0) is 0 Å².